The Kier molecular flexibility index (Phi) is 7.49. The Hall–Kier alpha value is -3.20. The largest absolute Gasteiger partial charge is 0.396 e. The van der Waals surface area contributed by atoms with Crippen molar-refractivity contribution in [2.24, 2.45) is 0 Å². The fourth-order valence-electron chi connectivity index (χ4n) is 3.92. The summed E-state index contributed by atoms with van der Waals surface area (Å²) < 4.78 is 29.8. The zero-order valence-corrected chi connectivity index (χ0v) is 22.2. The molecule has 0 saturated carbocycles. The van der Waals surface area contributed by atoms with E-state index in [0.29, 0.717) is 23.5 Å². The Morgan fingerprint density at radius 2 is 1.67 bits per heavy atom. The summed E-state index contributed by atoms with van der Waals surface area (Å²) in [5.41, 5.74) is 3.03. The Morgan fingerprint density at radius 1 is 0.972 bits per heavy atom. The number of carbonyl (C=O) groups excluding carboxylic acids is 1. The number of aliphatic hydroxyl groups is 1. The number of amides is 1. The van der Waals surface area contributed by atoms with Crippen LogP contribution in [-0.4, -0.2) is 32.6 Å². The van der Waals surface area contributed by atoms with Crippen molar-refractivity contribution in [2.45, 2.75) is 37.5 Å². The van der Waals surface area contributed by atoms with Crippen molar-refractivity contribution in [3.05, 3.63) is 83.2 Å². The van der Waals surface area contributed by atoms with Gasteiger partial charge in [0.15, 0.2) is 0 Å². The first-order chi connectivity index (χ1) is 17.1. The smallest absolute Gasteiger partial charge is 0.262 e. The minimum Gasteiger partial charge on any atom is -0.396 e. The second-order valence-corrected chi connectivity index (χ2v) is 12.3. The van der Waals surface area contributed by atoms with E-state index in [1.165, 1.54) is 11.3 Å². The molecule has 0 unspecified atom stereocenters. The van der Waals surface area contributed by atoms with Gasteiger partial charge in [-0.25, -0.2) is 8.42 Å². The maximum atomic E-state index is 13.1. The molecule has 0 bridgehead atoms. The van der Waals surface area contributed by atoms with Crippen LogP contribution in [0.4, 0.5) is 5.69 Å². The van der Waals surface area contributed by atoms with E-state index >= 15 is 0 Å². The van der Waals surface area contributed by atoms with E-state index in [-0.39, 0.29) is 22.8 Å². The first kappa shape index (κ1) is 25.9. The highest BCUT2D eigenvalue weighted by Crippen LogP contribution is 2.40. The highest BCUT2D eigenvalue weighted by Gasteiger charge is 2.22. The lowest BCUT2D eigenvalue weighted by atomic mass is 9.87. The van der Waals surface area contributed by atoms with Crippen LogP contribution in [0.15, 0.2) is 77.7 Å². The molecule has 3 aromatic carbocycles. The third kappa shape index (κ3) is 5.61. The van der Waals surface area contributed by atoms with Gasteiger partial charge in [-0.1, -0.05) is 63.2 Å². The van der Waals surface area contributed by atoms with Crippen molar-refractivity contribution >= 4 is 43.0 Å². The standard InChI is InChI=1S/C28H30N2O4S2/c1-28(2,3)20-10-13-22(14-11-20)36(33,34)30-21-12-15-24-23(18-21)25(19-8-5-4-6-9-19)26(35-24)27(32)29-16-7-17-31/h4-6,8-15,18,30-31H,7,16-17H2,1-3H3,(H,29,32). The number of sulfonamides is 1. The number of aliphatic hydroxyl groups excluding tert-OH is 1. The molecule has 0 saturated heterocycles. The summed E-state index contributed by atoms with van der Waals surface area (Å²) in [6.07, 6.45) is 0.472. The number of carbonyl (C=O) groups is 1. The average Bonchev–Trinajstić information content (AvgIpc) is 3.23. The van der Waals surface area contributed by atoms with Gasteiger partial charge < -0.3 is 10.4 Å². The van der Waals surface area contributed by atoms with E-state index in [1.54, 1.807) is 24.3 Å². The van der Waals surface area contributed by atoms with E-state index in [9.17, 15) is 13.2 Å². The summed E-state index contributed by atoms with van der Waals surface area (Å²) in [5.74, 6) is -0.218. The van der Waals surface area contributed by atoms with Crippen LogP contribution in [-0.2, 0) is 15.4 Å². The Balaban J connectivity index is 1.72. The first-order valence-electron chi connectivity index (χ1n) is 11.7. The number of anilines is 1. The molecule has 0 radical (unpaired) electrons. The molecule has 0 spiro atoms. The van der Waals surface area contributed by atoms with E-state index in [4.69, 9.17) is 5.11 Å². The van der Waals surface area contributed by atoms with Gasteiger partial charge in [-0.15, -0.1) is 11.3 Å². The molecule has 3 N–H and O–H groups in total. The predicted molar refractivity (Wildman–Crippen MR) is 147 cm³/mol. The van der Waals surface area contributed by atoms with Gasteiger partial charge >= 0.3 is 0 Å². The summed E-state index contributed by atoms with van der Waals surface area (Å²) in [4.78, 5) is 13.7. The summed E-state index contributed by atoms with van der Waals surface area (Å²) >= 11 is 1.36. The van der Waals surface area contributed by atoms with Gasteiger partial charge in [-0.2, -0.15) is 0 Å². The van der Waals surface area contributed by atoms with Crippen LogP contribution >= 0.6 is 11.3 Å². The second kappa shape index (κ2) is 10.4. The third-order valence-electron chi connectivity index (χ3n) is 5.86. The lowest BCUT2D eigenvalue weighted by Gasteiger charge is -2.19. The molecule has 4 rings (SSSR count). The van der Waals surface area contributed by atoms with Gasteiger partial charge in [-0.3, -0.25) is 9.52 Å². The normalized spacial score (nSPS) is 12.0. The van der Waals surface area contributed by atoms with Crippen LogP contribution in [0.3, 0.4) is 0 Å². The van der Waals surface area contributed by atoms with Crippen molar-refractivity contribution in [2.75, 3.05) is 17.9 Å². The van der Waals surface area contributed by atoms with Crippen LogP contribution in [0.1, 0.15) is 42.4 Å². The van der Waals surface area contributed by atoms with Crippen molar-refractivity contribution < 1.29 is 18.3 Å². The fraction of sp³-hybridized carbons (Fsp3) is 0.250. The van der Waals surface area contributed by atoms with Gasteiger partial charge in [0.05, 0.1) is 4.90 Å². The molecular weight excluding hydrogens is 492 g/mol. The topological polar surface area (TPSA) is 95.5 Å². The Morgan fingerprint density at radius 3 is 2.31 bits per heavy atom. The highest BCUT2D eigenvalue weighted by atomic mass is 32.2. The molecule has 0 atom stereocenters. The molecule has 0 aliphatic rings. The zero-order chi connectivity index (χ0) is 25.9. The van der Waals surface area contributed by atoms with E-state index < -0.39 is 10.0 Å². The molecule has 0 aliphatic carbocycles. The molecule has 1 amide bonds. The van der Waals surface area contributed by atoms with Crippen LogP contribution in [0, 0.1) is 0 Å². The number of fused-ring (bicyclic) bond motifs is 1. The molecule has 4 aromatic rings. The molecule has 1 heterocycles. The molecule has 36 heavy (non-hydrogen) atoms. The van der Waals surface area contributed by atoms with Crippen molar-refractivity contribution in [3.8, 4) is 11.1 Å². The van der Waals surface area contributed by atoms with Gasteiger partial charge in [0.2, 0.25) is 0 Å². The average molecular weight is 523 g/mol. The van der Waals surface area contributed by atoms with E-state index in [1.807, 2.05) is 48.5 Å². The van der Waals surface area contributed by atoms with Gasteiger partial charge in [0, 0.05) is 34.5 Å². The maximum Gasteiger partial charge on any atom is 0.262 e. The lowest BCUT2D eigenvalue weighted by molar-refractivity contribution is 0.0956. The molecule has 6 nitrogen and oxygen atoms in total. The van der Waals surface area contributed by atoms with Gasteiger partial charge in [-0.05, 0) is 53.3 Å². The summed E-state index contributed by atoms with van der Waals surface area (Å²) in [6, 6.07) is 21.8. The number of rotatable bonds is 8. The van der Waals surface area contributed by atoms with Crippen LogP contribution in [0.2, 0.25) is 0 Å². The number of thiophene rings is 1. The van der Waals surface area contributed by atoms with Crippen molar-refractivity contribution in [1.82, 2.24) is 5.32 Å². The van der Waals surface area contributed by atoms with Gasteiger partial charge in [0.25, 0.3) is 15.9 Å². The minimum atomic E-state index is -3.80. The molecule has 1 aromatic heterocycles. The van der Waals surface area contributed by atoms with Crippen molar-refractivity contribution in [3.63, 3.8) is 0 Å². The molecular formula is C28H30N2O4S2. The molecule has 188 valence electrons. The van der Waals surface area contributed by atoms with Crippen LogP contribution in [0.25, 0.3) is 21.2 Å². The third-order valence-corrected chi connectivity index (χ3v) is 8.43. The number of benzene rings is 3. The zero-order valence-electron chi connectivity index (χ0n) is 20.5. The Bertz CT molecular complexity index is 1470. The number of hydrogen-bond donors (Lipinski definition) is 3. The first-order valence-corrected chi connectivity index (χ1v) is 14.0. The van der Waals surface area contributed by atoms with Crippen LogP contribution in [0.5, 0.6) is 0 Å². The van der Waals surface area contributed by atoms with Crippen LogP contribution < -0.4 is 10.0 Å². The Labute approximate surface area is 216 Å². The second-order valence-electron chi connectivity index (χ2n) is 9.60. The number of hydrogen-bond acceptors (Lipinski definition) is 5. The quantitative estimate of drug-likeness (QED) is 0.256. The van der Waals surface area contributed by atoms with E-state index in [0.717, 1.165) is 26.8 Å². The SMILES string of the molecule is CC(C)(C)c1ccc(S(=O)(=O)Nc2ccc3sc(C(=O)NCCCO)c(-c4ccccc4)c3c2)cc1. The summed E-state index contributed by atoms with van der Waals surface area (Å²) in [7, 11) is -3.80. The summed E-state index contributed by atoms with van der Waals surface area (Å²) in [5, 5.41) is 12.7. The monoisotopic (exact) mass is 522 g/mol. The molecule has 8 heteroatoms. The maximum absolute atomic E-state index is 13.1. The minimum absolute atomic E-state index is 0.000668. The predicted octanol–water partition coefficient (Wildman–Crippen LogP) is 5.78. The fourth-order valence-corrected chi connectivity index (χ4v) is 6.09. The lowest BCUT2D eigenvalue weighted by Crippen LogP contribution is -2.24. The molecule has 0 fully saturated rings. The highest BCUT2D eigenvalue weighted by molar-refractivity contribution is 7.92. The molecule has 0 aliphatic heterocycles. The number of nitrogens with one attached hydrogen (secondary N) is 2. The summed E-state index contributed by atoms with van der Waals surface area (Å²) in [6.45, 7) is 6.61. The van der Waals surface area contributed by atoms with Gasteiger partial charge in [0.1, 0.15) is 4.88 Å². The van der Waals surface area contributed by atoms with E-state index in [2.05, 4.69) is 30.8 Å². The van der Waals surface area contributed by atoms with Crippen molar-refractivity contribution in [1.29, 1.82) is 0 Å².